The Morgan fingerprint density at radius 2 is 1.49 bits per heavy atom. The van der Waals surface area contributed by atoms with Crippen molar-refractivity contribution in [3.63, 3.8) is 0 Å². The first kappa shape index (κ1) is 22.2. The molecular weight excluding hydrogens is 468 g/mol. The molecule has 4 aromatic rings. The average Bonchev–Trinajstić information content (AvgIpc) is 3.34. The molecule has 0 atom stereocenters. The molecule has 2 N–H and O–H groups in total. The van der Waals surface area contributed by atoms with E-state index < -0.39 is 35.5 Å². The number of thiol groups is 1. The Hall–Kier alpha value is -4.57. The van der Waals surface area contributed by atoms with Gasteiger partial charge < -0.3 is 14.8 Å². The summed E-state index contributed by atoms with van der Waals surface area (Å²) in [4.78, 5) is 43.3. The number of carbonyl (C=O) groups excluding carboxylic acids is 3. The zero-order valence-electron chi connectivity index (χ0n) is 18.1. The molecule has 1 saturated heterocycles. The van der Waals surface area contributed by atoms with E-state index >= 15 is 0 Å². The first-order chi connectivity index (χ1) is 16.9. The third-order valence-electron chi connectivity index (χ3n) is 5.29. The van der Waals surface area contributed by atoms with Crippen molar-refractivity contribution in [1.82, 2.24) is 4.98 Å². The molecule has 0 spiro atoms. The van der Waals surface area contributed by atoms with Crippen LogP contribution in [0.3, 0.4) is 0 Å². The summed E-state index contributed by atoms with van der Waals surface area (Å²) in [6, 6.07) is 22.0. The van der Waals surface area contributed by atoms with E-state index in [0.29, 0.717) is 28.2 Å². The van der Waals surface area contributed by atoms with Crippen LogP contribution in [0.4, 0.5) is 17.1 Å². The predicted molar refractivity (Wildman–Crippen MR) is 132 cm³/mol. The van der Waals surface area contributed by atoms with Crippen LogP contribution in [-0.4, -0.2) is 27.8 Å². The van der Waals surface area contributed by atoms with Crippen LogP contribution in [0.25, 0.3) is 11.1 Å². The molecule has 1 aromatic heterocycles. The maximum Gasteiger partial charge on any atom is 0.286 e. The fourth-order valence-corrected chi connectivity index (χ4v) is 3.98. The van der Waals surface area contributed by atoms with E-state index in [9.17, 15) is 19.5 Å². The van der Waals surface area contributed by atoms with E-state index in [-0.39, 0.29) is 5.22 Å². The lowest BCUT2D eigenvalue weighted by Gasteiger charge is -2.27. The molecule has 0 radical (unpaired) electrons. The molecule has 1 aliphatic rings. The zero-order chi connectivity index (χ0) is 24.5. The molecule has 9 nitrogen and oxygen atoms in total. The number of hydrogen-bond donors (Lipinski definition) is 3. The first-order valence-electron chi connectivity index (χ1n) is 10.5. The number of aliphatic hydroxyl groups is 1. The molecule has 10 heteroatoms. The van der Waals surface area contributed by atoms with Crippen LogP contribution in [0.2, 0.25) is 0 Å². The number of hydrogen-bond acceptors (Lipinski definition) is 7. The normalized spacial score (nSPS) is 13.6. The zero-order valence-corrected chi connectivity index (χ0v) is 19.0. The first-order valence-corrected chi connectivity index (χ1v) is 11.0. The number of nitrogens with one attached hydrogen (secondary N) is 1. The number of fused-ring (bicyclic) bond motifs is 1. The number of aliphatic hydroxyl groups excluding tert-OH is 1. The van der Waals surface area contributed by atoms with E-state index in [0.717, 1.165) is 0 Å². The van der Waals surface area contributed by atoms with Gasteiger partial charge >= 0.3 is 0 Å². The number of aromatic nitrogens is 1. The fourth-order valence-electron chi connectivity index (χ4n) is 3.77. The molecule has 5 rings (SSSR count). The van der Waals surface area contributed by atoms with Gasteiger partial charge in [-0.15, -0.1) is 0 Å². The molecule has 35 heavy (non-hydrogen) atoms. The molecule has 0 unspecified atom stereocenters. The highest BCUT2D eigenvalue weighted by atomic mass is 32.1. The largest absolute Gasteiger partial charge is 0.511 e. The minimum atomic E-state index is -0.735. The Kier molecular flexibility index (Phi) is 5.71. The van der Waals surface area contributed by atoms with Crippen LogP contribution in [-0.2, 0) is 14.4 Å². The summed E-state index contributed by atoms with van der Waals surface area (Å²) in [5.74, 6) is -2.72. The third kappa shape index (κ3) is 4.22. The number of oxazole rings is 1. The molecule has 0 saturated carbocycles. The predicted octanol–water partition coefficient (Wildman–Crippen LogP) is 4.25. The molecule has 1 fully saturated rings. The second kappa shape index (κ2) is 8.99. The Labute approximate surface area is 204 Å². The standard InChI is InChI=1S/C25H18N4O5S/c30-19(14-21(31)26-15-11-12-20-18(13-15)27-25(35)34-20)22-23(32)28(16-7-3-1-4-8-16)29(24(22)33)17-9-5-2-6-10-17/h1-13,30H,14H2,(H,26,31)(H,27,35). The summed E-state index contributed by atoms with van der Waals surface area (Å²) in [6.07, 6.45) is -0.577. The van der Waals surface area contributed by atoms with Crippen molar-refractivity contribution in [2.45, 2.75) is 11.6 Å². The summed E-state index contributed by atoms with van der Waals surface area (Å²) < 4.78 is 5.29. The van der Waals surface area contributed by atoms with E-state index in [1.165, 1.54) is 10.0 Å². The second-order valence-corrected chi connectivity index (χ2v) is 8.01. The number of para-hydroxylation sites is 2. The van der Waals surface area contributed by atoms with Gasteiger partial charge in [-0.3, -0.25) is 14.4 Å². The number of rotatable bonds is 5. The highest BCUT2D eigenvalue weighted by Gasteiger charge is 2.45. The topological polar surface area (TPSA) is 116 Å². The SMILES string of the molecule is O=C(CC(O)=C1C(=O)N(c2ccccc2)N(c2ccccc2)C1=O)Nc1ccc2oc(S)nc2c1. The van der Waals surface area contributed by atoms with E-state index in [4.69, 9.17) is 4.42 Å². The maximum atomic E-state index is 13.3. The van der Waals surface area contributed by atoms with Crippen molar-refractivity contribution in [3.8, 4) is 0 Å². The highest BCUT2D eigenvalue weighted by Crippen LogP contribution is 2.33. The van der Waals surface area contributed by atoms with E-state index in [1.807, 2.05) is 0 Å². The number of nitrogens with zero attached hydrogens (tertiary/aromatic N) is 3. The Morgan fingerprint density at radius 3 is 2.06 bits per heavy atom. The summed E-state index contributed by atoms with van der Waals surface area (Å²) in [5.41, 5.74) is 1.80. The van der Waals surface area contributed by atoms with Gasteiger partial charge in [0.1, 0.15) is 16.8 Å². The summed E-state index contributed by atoms with van der Waals surface area (Å²) in [6.45, 7) is 0. The van der Waals surface area contributed by atoms with Crippen molar-refractivity contribution >= 4 is 58.5 Å². The lowest BCUT2D eigenvalue weighted by atomic mass is 10.1. The van der Waals surface area contributed by atoms with Gasteiger partial charge in [0.15, 0.2) is 5.58 Å². The third-order valence-corrected chi connectivity index (χ3v) is 5.48. The lowest BCUT2D eigenvalue weighted by molar-refractivity contribution is -0.116. The number of anilines is 3. The fraction of sp³-hybridized carbons (Fsp3) is 0.0400. The van der Waals surface area contributed by atoms with Gasteiger partial charge in [-0.1, -0.05) is 49.0 Å². The second-order valence-electron chi connectivity index (χ2n) is 7.63. The summed E-state index contributed by atoms with van der Waals surface area (Å²) >= 11 is 4.05. The number of benzene rings is 3. The molecule has 0 bridgehead atoms. The Balaban J connectivity index is 1.44. The quantitative estimate of drug-likeness (QED) is 0.168. The van der Waals surface area contributed by atoms with E-state index in [2.05, 4.69) is 22.9 Å². The molecule has 3 amide bonds. The number of hydrazine groups is 1. The van der Waals surface area contributed by atoms with Gasteiger partial charge in [-0.05, 0) is 42.5 Å². The van der Waals surface area contributed by atoms with Crippen LogP contribution in [0.15, 0.2) is 99.8 Å². The van der Waals surface area contributed by atoms with Crippen molar-refractivity contribution in [2.75, 3.05) is 15.3 Å². The minimum Gasteiger partial charge on any atom is -0.511 e. The van der Waals surface area contributed by atoms with Crippen LogP contribution < -0.4 is 15.3 Å². The van der Waals surface area contributed by atoms with Gasteiger partial charge in [0.25, 0.3) is 17.0 Å². The van der Waals surface area contributed by atoms with Crippen molar-refractivity contribution in [1.29, 1.82) is 0 Å². The highest BCUT2D eigenvalue weighted by molar-refractivity contribution is 7.80. The van der Waals surface area contributed by atoms with Gasteiger partial charge in [0.05, 0.1) is 17.8 Å². The molecular formula is C25H18N4O5S. The Bertz CT molecular complexity index is 1420. The van der Waals surface area contributed by atoms with Crippen molar-refractivity contribution in [3.05, 3.63) is 90.2 Å². The average molecular weight is 487 g/mol. The molecule has 1 aliphatic heterocycles. The van der Waals surface area contributed by atoms with Crippen LogP contribution in [0, 0.1) is 0 Å². The van der Waals surface area contributed by atoms with Gasteiger partial charge in [0.2, 0.25) is 5.91 Å². The van der Waals surface area contributed by atoms with Gasteiger partial charge in [-0.2, -0.15) is 0 Å². The van der Waals surface area contributed by atoms with E-state index in [1.54, 1.807) is 78.9 Å². The summed E-state index contributed by atoms with van der Waals surface area (Å²) in [7, 11) is 0. The minimum absolute atomic E-state index is 0.190. The smallest absolute Gasteiger partial charge is 0.286 e. The van der Waals surface area contributed by atoms with Crippen molar-refractivity contribution in [2.24, 2.45) is 0 Å². The maximum absolute atomic E-state index is 13.3. The monoisotopic (exact) mass is 486 g/mol. The van der Waals surface area contributed by atoms with Gasteiger partial charge in [0, 0.05) is 5.69 Å². The molecule has 2 heterocycles. The molecule has 174 valence electrons. The lowest BCUT2D eigenvalue weighted by Crippen LogP contribution is -2.41. The number of carbonyl (C=O) groups is 3. The van der Waals surface area contributed by atoms with Crippen LogP contribution in [0.5, 0.6) is 0 Å². The molecule has 0 aliphatic carbocycles. The van der Waals surface area contributed by atoms with Crippen molar-refractivity contribution < 1.29 is 23.9 Å². The van der Waals surface area contributed by atoms with Crippen LogP contribution in [0.1, 0.15) is 6.42 Å². The molecule has 3 aromatic carbocycles. The number of amides is 3. The summed E-state index contributed by atoms with van der Waals surface area (Å²) in [5, 5.41) is 15.9. The van der Waals surface area contributed by atoms with Gasteiger partial charge in [-0.25, -0.2) is 15.0 Å². The van der Waals surface area contributed by atoms with Crippen LogP contribution >= 0.6 is 12.6 Å². The Morgan fingerprint density at radius 1 is 0.914 bits per heavy atom.